The van der Waals surface area contributed by atoms with Gasteiger partial charge >= 0.3 is 0 Å². The summed E-state index contributed by atoms with van der Waals surface area (Å²) in [5, 5.41) is 3.39. The Balaban J connectivity index is 1.56. The molecular formula is C27H26ClN3O4S. The van der Waals surface area contributed by atoms with Crippen molar-refractivity contribution < 1.29 is 19.1 Å². The smallest absolute Gasteiger partial charge is 0.238 e. The number of aliphatic imine (C=N–C) groups is 1. The molecule has 1 unspecified atom stereocenters. The predicted molar refractivity (Wildman–Crippen MR) is 145 cm³/mol. The number of amidine groups is 1. The van der Waals surface area contributed by atoms with Gasteiger partial charge < -0.3 is 14.8 Å². The number of nitrogens with one attached hydrogen (secondary N) is 1. The molecule has 186 valence electrons. The molecule has 4 rings (SSSR count). The number of halogens is 1. The first kappa shape index (κ1) is 25.6. The van der Waals surface area contributed by atoms with E-state index in [9.17, 15) is 9.59 Å². The number of methoxy groups -OCH3 is 2. The van der Waals surface area contributed by atoms with E-state index in [1.165, 1.54) is 11.8 Å². The first-order valence-corrected chi connectivity index (χ1v) is 12.6. The van der Waals surface area contributed by atoms with Crippen LogP contribution in [0.1, 0.15) is 12.0 Å². The quantitative estimate of drug-likeness (QED) is 0.418. The second-order valence-electron chi connectivity index (χ2n) is 8.01. The van der Waals surface area contributed by atoms with Crippen LogP contribution in [0.5, 0.6) is 11.5 Å². The Morgan fingerprint density at radius 1 is 1.06 bits per heavy atom. The van der Waals surface area contributed by atoms with E-state index in [4.69, 9.17) is 26.1 Å². The third kappa shape index (κ3) is 6.38. The van der Waals surface area contributed by atoms with Gasteiger partial charge in [-0.3, -0.25) is 14.5 Å². The SMILES string of the molecule is COc1ccc(N=C2SC(C(=O)Nc3ccccc3OC)CC(=O)N2CCc2ccc(Cl)cc2)cc1. The molecule has 1 aliphatic heterocycles. The van der Waals surface area contributed by atoms with Gasteiger partial charge in [-0.15, -0.1) is 0 Å². The van der Waals surface area contributed by atoms with Gasteiger partial charge in [-0.25, -0.2) is 4.99 Å². The van der Waals surface area contributed by atoms with Crippen molar-refractivity contribution in [2.24, 2.45) is 4.99 Å². The van der Waals surface area contributed by atoms with E-state index in [0.717, 1.165) is 5.56 Å². The van der Waals surface area contributed by atoms with Crippen LogP contribution < -0.4 is 14.8 Å². The van der Waals surface area contributed by atoms with Crippen LogP contribution in [0, 0.1) is 0 Å². The summed E-state index contributed by atoms with van der Waals surface area (Å²) < 4.78 is 10.6. The van der Waals surface area contributed by atoms with Crippen LogP contribution in [0.25, 0.3) is 0 Å². The monoisotopic (exact) mass is 523 g/mol. The molecule has 1 N–H and O–H groups in total. The molecule has 36 heavy (non-hydrogen) atoms. The second kappa shape index (κ2) is 12.0. The van der Waals surface area contributed by atoms with Gasteiger partial charge in [-0.05, 0) is 60.5 Å². The number of carbonyl (C=O) groups excluding carboxylic acids is 2. The van der Waals surface area contributed by atoms with Gasteiger partial charge in [0.1, 0.15) is 16.7 Å². The van der Waals surface area contributed by atoms with E-state index in [2.05, 4.69) is 5.32 Å². The number of amides is 2. The molecule has 0 saturated carbocycles. The number of thioether (sulfide) groups is 1. The Labute approximate surface area is 219 Å². The first-order chi connectivity index (χ1) is 17.5. The van der Waals surface area contributed by atoms with E-state index < -0.39 is 5.25 Å². The average molecular weight is 524 g/mol. The molecule has 1 aliphatic rings. The van der Waals surface area contributed by atoms with Crippen molar-refractivity contribution >= 4 is 51.7 Å². The summed E-state index contributed by atoms with van der Waals surface area (Å²) in [6.07, 6.45) is 0.692. The van der Waals surface area contributed by atoms with Crippen LogP contribution >= 0.6 is 23.4 Å². The first-order valence-electron chi connectivity index (χ1n) is 11.3. The molecule has 1 saturated heterocycles. The van der Waals surface area contributed by atoms with Crippen LogP contribution in [0.2, 0.25) is 5.02 Å². The van der Waals surface area contributed by atoms with Crippen molar-refractivity contribution in [3.8, 4) is 11.5 Å². The summed E-state index contributed by atoms with van der Waals surface area (Å²) in [7, 11) is 3.14. The van der Waals surface area contributed by atoms with Gasteiger partial charge in [-0.2, -0.15) is 0 Å². The molecule has 0 aliphatic carbocycles. The van der Waals surface area contributed by atoms with Crippen LogP contribution in [0.3, 0.4) is 0 Å². The van der Waals surface area contributed by atoms with Gasteiger partial charge in [0.2, 0.25) is 11.8 Å². The molecule has 1 heterocycles. The zero-order valence-electron chi connectivity index (χ0n) is 19.9. The summed E-state index contributed by atoms with van der Waals surface area (Å²) in [4.78, 5) is 32.8. The van der Waals surface area contributed by atoms with Crippen molar-refractivity contribution in [3.05, 3.63) is 83.4 Å². The molecule has 3 aromatic carbocycles. The Bertz CT molecular complexity index is 1250. The lowest BCUT2D eigenvalue weighted by atomic mass is 10.1. The minimum atomic E-state index is -0.633. The summed E-state index contributed by atoms with van der Waals surface area (Å²) in [6.45, 7) is 0.434. The van der Waals surface area contributed by atoms with Gasteiger partial charge in [0, 0.05) is 18.0 Å². The molecule has 0 aromatic heterocycles. The number of benzene rings is 3. The standard InChI is InChI=1S/C27H26ClN3O4S/c1-34-21-13-11-20(12-14-21)29-27-31(16-15-18-7-9-19(28)10-8-18)25(32)17-24(36-27)26(33)30-22-5-3-4-6-23(22)35-2/h3-14,24H,15-17H2,1-2H3,(H,30,33). The zero-order chi connectivity index (χ0) is 25.5. The van der Waals surface area contributed by atoms with Gasteiger partial charge in [0.15, 0.2) is 5.17 Å². The highest BCUT2D eigenvalue weighted by Crippen LogP contribution is 2.32. The number of rotatable bonds is 8. The topological polar surface area (TPSA) is 80.2 Å². The number of carbonyl (C=O) groups is 2. The van der Waals surface area contributed by atoms with Crippen molar-refractivity contribution in [1.29, 1.82) is 0 Å². The largest absolute Gasteiger partial charge is 0.497 e. The molecule has 9 heteroatoms. The molecule has 2 amide bonds. The zero-order valence-corrected chi connectivity index (χ0v) is 21.5. The highest BCUT2D eigenvalue weighted by molar-refractivity contribution is 8.15. The summed E-state index contributed by atoms with van der Waals surface area (Å²) in [5.74, 6) is 0.822. The van der Waals surface area contributed by atoms with E-state index in [1.54, 1.807) is 43.4 Å². The minimum Gasteiger partial charge on any atom is -0.497 e. The number of nitrogens with zero attached hydrogens (tertiary/aromatic N) is 2. The van der Waals surface area contributed by atoms with Crippen LogP contribution in [0.4, 0.5) is 11.4 Å². The number of hydrogen-bond donors (Lipinski definition) is 1. The molecular weight excluding hydrogens is 498 g/mol. The summed E-state index contributed by atoms with van der Waals surface area (Å²) >= 11 is 7.28. The molecule has 3 aromatic rings. The molecule has 0 radical (unpaired) electrons. The third-order valence-corrected chi connectivity index (χ3v) is 7.07. The highest BCUT2D eigenvalue weighted by Gasteiger charge is 2.36. The van der Waals surface area contributed by atoms with Gasteiger partial charge in [-0.1, -0.05) is 47.6 Å². The number of hydrogen-bond acceptors (Lipinski definition) is 6. The maximum Gasteiger partial charge on any atom is 0.238 e. The Morgan fingerprint density at radius 3 is 2.47 bits per heavy atom. The normalized spacial score (nSPS) is 16.6. The summed E-state index contributed by atoms with van der Waals surface area (Å²) in [6, 6.07) is 21.9. The van der Waals surface area contributed by atoms with Crippen molar-refractivity contribution in [2.75, 3.05) is 26.1 Å². The van der Waals surface area contributed by atoms with Gasteiger partial charge in [0.25, 0.3) is 0 Å². The fraction of sp³-hybridized carbons (Fsp3) is 0.222. The van der Waals surface area contributed by atoms with Crippen molar-refractivity contribution in [3.63, 3.8) is 0 Å². The lowest BCUT2D eigenvalue weighted by molar-refractivity contribution is -0.129. The molecule has 0 spiro atoms. The van der Waals surface area contributed by atoms with Crippen molar-refractivity contribution in [1.82, 2.24) is 4.90 Å². The van der Waals surface area contributed by atoms with Gasteiger partial charge in [0.05, 0.1) is 25.6 Å². The number of para-hydroxylation sites is 2. The number of anilines is 1. The van der Waals surface area contributed by atoms with Crippen LogP contribution in [0.15, 0.2) is 77.8 Å². The van der Waals surface area contributed by atoms with E-state index in [1.807, 2.05) is 48.5 Å². The maximum atomic E-state index is 13.2. The fourth-order valence-corrected chi connectivity index (χ4v) is 4.93. The van der Waals surface area contributed by atoms with E-state index >= 15 is 0 Å². The molecule has 0 bridgehead atoms. The van der Waals surface area contributed by atoms with E-state index in [0.29, 0.717) is 46.0 Å². The predicted octanol–water partition coefficient (Wildman–Crippen LogP) is 5.56. The average Bonchev–Trinajstić information content (AvgIpc) is 2.89. The summed E-state index contributed by atoms with van der Waals surface area (Å²) in [5.41, 5.74) is 2.27. The Kier molecular flexibility index (Phi) is 8.51. The van der Waals surface area contributed by atoms with Crippen LogP contribution in [-0.4, -0.2) is 47.9 Å². The molecule has 7 nitrogen and oxygen atoms in total. The lowest BCUT2D eigenvalue weighted by Gasteiger charge is -2.32. The number of ether oxygens (including phenoxy) is 2. The Hall–Kier alpha value is -3.49. The van der Waals surface area contributed by atoms with Crippen molar-refractivity contribution in [2.45, 2.75) is 18.1 Å². The third-order valence-electron chi connectivity index (χ3n) is 5.63. The lowest BCUT2D eigenvalue weighted by Crippen LogP contribution is -2.46. The maximum absolute atomic E-state index is 13.2. The molecule has 1 atom stereocenters. The van der Waals surface area contributed by atoms with E-state index in [-0.39, 0.29) is 18.2 Å². The fourth-order valence-electron chi connectivity index (χ4n) is 3.68. The Morgan fingerprint density at radius 2 is 1.78 bits per heavy atom. The minimum absolute atomic E-state index is 0.0634. The highest BCUT2D eigenvalue weighted by atomic mass is 35.5. The molecule has 1 fully saturated rings. The van der Waals surface area contributed by atoms with Crippen LogP contribution in [-0.2, 0) is 16.0 Å². The second-order valence-corrected chi connectivity index (χ2v) is 9.62.